The molecule has 0 aromatic carbocycles. The highest BCUT2D eigenvalue weighted by molar-refractivity contribution is 6.07. The van der Waals surface area contributed by atoms with E-state index in [-0.39, 0.29) is 30.2 Å². The minimum absolute atomic E-state index is 0.0158. The fraction of sp³-hybridized carbons (Fsp3) is 0.188. The summed E-state index contributed by atoms with van der Waals surface area (Å²) >= 11 is 0. The van der Waals surface area contributed by atoms with Crippen LogP contribution in [0.25, 0.3) is 0 Å². The molecule has 3 N–H and O–H groups in total. The average molecular weight is 372 g/mol. The minimum atomic E-state index is -1.08. The van der Waals surface area contributed by atoms with Crippen molar-refractivity contribution in [1.82, 2.24) is 24.9 Å². The van der Waals surface area contributed by atoms with Crippen molar-refractivity contribution in [3.8, 4) is 0 Å². The molecule has 3 aromatic heterocycles. The van der Waals surface area contributed by atoms with Crippen LogP contribution in [0.2, 0.25) is 0 Å². The van der Waals surface area contributed by atoms with Crippen LogP contribution in [-0.2, 0) is 24.9 Å². The third-order valence-corrected chi connectivity index (χ3v) is 3.58. The van der Waals surface area contributed by atoms with Gasteiger partial charge in [0.2, 0.25) is 0 Å². The van der Waals surface area contributed by atoms with Crippen LogP contribution in [0.5, 0.6) is 0 Å². The van der Waals surface area contributed by atoms with E-state index in [0.29, 0.717) is 5.76 Å². The monoisotopic (exact) mass is 372 g/mol. The number of carboxylic acids is 1. The number of nitrogens with one attached hydrogen (secondary N) is 2. The van der Waals surface area contributed by atoms with Gasteiger partial charge in [-0.25, -0.2) is 0 Å². The average Bonchev–Trinajstić information content (AvgIpc) is 3.34. The zero-order chi connectivity index (χ0) is 19.4. The van der Waals surface area contributed by atoms with E-state index in [4.69, 9.17) is 9.52 Å². The number of aliphatic carboxylic acids is 1. The van der Waals surface area contributed by atoms with Crippen molar-refractivity contribution in [2.24, 2.45) is 7.05 Å². The van der Waals surface area contributed by atoms with Crippen LogP contribution in [0, 0.1) is 0 Å². The van der Waals surface area contributed by atoms with Gasteiger partial charge in [0, 0.05) is 13.2 Å². The quantitative estimate of drug-likeness (QED) is 0.547. The molecule has 0 bridgehead atoms. The van der Waals surface area contributed by atoms with Gasteiger partial charge in [0.15, 0.2) is 5.69 Å². The third-order valence-electron chi connectivity index (χ3n) is 3.58. The number of hydrogen-bond donors (Lipinski definition) is 3. The summed E-state index contributed by atoms with van der Waals surface area (Å²) in [5.74, 6) is -1.53. The molecule has 2 amide bonds. The third kappa shape index (κ3) is 4.21. The number of hydrogen-bond acceptors (Lipinski definition) is 6. The lowest BCUT2D eigenvalue weighted by Crippen LogP contribution is -2.26. The van der Waals surface area contributed by atoms with Gasteiger partial charge in [0.05, 0.1) is 24.7 Å². The molecule has 0 saturated heterocycles. The highest BCUT2D eigenvalue weighted by Gasteiger charge is 2.20. The molecule has 3 heterocycles. The molecule has 11 heteroatoms. The van der Waals surface area contributed by atoms with Crippen molar-refractivity contribution < 1.29 is 23.9 Å². The fourth-order valence-corrected chi connectivity index (χ4v) is 2.36. The predicted octanol–water partition coefficient (Wildman–Crippen LogP) is 0.477. The molecule has 0 spiro atoms. The molecule has 140 valence electrons. The van der Waals surface area contributed by atoms with E-state index in [1.165, 1.54) is 29.4 Å². The topological polar surface area (TPSA) is 144 Å². The Morgan fingerprint density at radius 1 is 1.26 bits per heavy atom. The molecule has 0 saturated carbocycles. The summed E-state index contributed by atoms with van der Waals surface area (Å²) < 4.78 is 7.61. The molecule has 0 aliphatic rings. The molecule has 3 aromatic rings. The summed E-state index contributed by atoms with van der Waals surface area (Å²) in [6, 6.07) is 4.81. The second-order valence-corrected chi connectivity index (χ2v) is 5.54. The van der Waals surface area contributed by atoms with Crippen molar-refractivity contribution in [2.75, 3.05) is 5.32 Å². The molecule has 0 aliphatic heterocycles. The maximum absolute atomic E-state index is 12.4. The Hall–Kier alpha value is -3.89. The molecule has 27 heavy (non-hydrogen) atoms. The van der Waals surface area contributed by atoms with Crippen molar-refractivity contribution in [1.29, 1.82) is 0 Å². The minimum Gasteiger partial charge on any atom is -0.480 e. The summed E-state index contributed by atoms with van der Waals surface area (Å²) in [5, 5.41) is 21.9. The number of amides is 2. The Bertz CT molecular complexity index is 972. The zero-order valence-electron chi connectivity index (χ0n) is 14.2. The Kier molecular flexibility index (Phi) is 5.01. The van der Waals surface area contributed by atoms with Gasteiger partial charge >= 0.3 is 5.97 Å². The Balaban J connectivity index is 1.70. The van der Waals surface area contributed by atoms with E-state index >= 15 is 0 Å². The van der Waals surface area contributed by atoms with Gasteiger partial charge in [0.25, 0.3) is 11.8 Å². The second kappa shape index (κ2) is 7.56. The normalized spacial score (nSPS) is 10.6. The highest BCUT2D eigenvalue weighted by Crippen LogP contribution is 2.15. The van der Waals surface area contributed by atoms with Crippen molar-refractivity contribution in [3.05, 3.63) is 54.0 Å². The van der Waals surface area contributed by atoms with Crippen LogP contribution >= 0.6 is 0 Å². The number of nitrogens with zero attached hydrogens (tertiary/aromatic N) is 4. The largest absolute Gasteiger partial charge is 0.480 e. The van der Waals surface area contributed by atoms with Gasteiger partial charge < -0.3 is 20.2 Å². The lowest BCUT2D eigenvalue weighted by Gasteiger charge is -2.07. The first-order valence-electron chi connectivity index (χ1n) is 7.83. The summed E-state index contributed by atoms with van der Waals surface area (Å²) in [5.41, 5.74) is 0.370. The number of carboxylic acid groups (broad SMARTS) is 1. The number of aromatic nitrogens is 4. The van der Waals surface area contributed by atoms with Crippen molar-refractivity contribution >= 4 is 23.5 Å². The van der Waals surface area contributed by atoms with Gasteiger partial charge in [-0.15, -0.1) is 0 Å². The Labute approximate surface area is 152 Å². The van der Waals surface area contributed by atoms with Crippen LogP contribution in [0.15, 0.2) is 41.3 Å². The van der Waals surface area contributed by atoms with Crippen molar-refractivity contribution in [3.63, 3.8) is 0 Å². The first-order valence-corrected chi connectivity index (χ1v) is 7.83. The molecule has 0 fully saturated rings. The summed E-state index contributed by atoms with van der Waals surface area (Å²) in [4.78, 5) is 35.4. The molecule has 3 rings (SSSR count). The second-order valence-electron chi connectivity index (χ2n) is 5.54. The number of furan rings is 1. The zero-order valence-corrected chi connectivity index (χ0v) is 14.2. The molecule has 0 aliphatic carbocycles. The van der Waals surface area contributed by atoms with Gasteiger partial charge in [-0.1, -0.05) is 0 Å². The summed E-state index contributed by atoms with van der Waals surface area (Å²) in [6.07, 6.45) is 4.22. The molecule has 0 radical (unpaired) electrons. The standard InChI is InChI=1S/C16H16N6O5/c1-21-14(16(26)17-7-10-3-2-6-27-10)12(8-18-21)19-15(25)11-4-5-22(20-11)9-13(23)24/h2-6,8H,7,9H2,1H3,(H,17,26)(H,19,25)(H,23,24). The SMILES string of the molecule is Cn1ncc(NC(=O)c2ccn(CC(=O)O)n2)c1C(=O)NCc1ccco1. The van der Waals surface area contributed by atoms with Crippen LogP contribution in [0.1, 0.15) is 26.7 Å². The van der Waals surface area contributed by atoms with Crippen LogP contribution in [0.4, 0.5) is 5.69 Å². The van der Waals surface area contributed by atoms with Crippen molar-refractivity contribution in [2.45, 2.75) is 13.1 Å². The summed E-state index contributed by atoms with van der Waals surface area (Å²) in [6.45, 7) is -0.176. The number of carbonyl (C=O) groups is 3. The van der Waals surface area contributed by atoms with Gasteiger partial charge in [-0.2, -0.15) is 10.2 Å². The van der Waals surface area contributed by atoms with Gasteiger partial charge in [0.1, 0.15) is 18.0 Å². The van der Waals surface area contributed by atoms with Gasteiger partial charge in [-0.05, 0) is 18.2 Å². The molecular weight excluding hydrogens is 356 g/mol. The van der Waals surface area contributed by atoms with E-state index in [1.807, 2.05) is 0 Å². The number of anilines is 1. The first kappa shape index (κ1) is 17.9. The number of aryl methyl sites for hydroxylation is 1. The maximum Gasteiger partial charge on any atom is 0.325 e. The van der Waals surface area contributed by atoms with E-state index in [0.717, 1.165) is 4.68 Å². The van der Waals surface area contributed by atoms with E-state index in [9.17, 15) is 14.4 Å². The Morgan fingerprint density at radius 2 is 2.07 bits per heavy atom. The number of rotatable bonds is 7. The highest BCUT2D eigenvalue weighted by atomic mass is 16.4. The Morgan fingerprint density at radius 3 is 2.78 bits per heavy atom. The lowest BCUT2D eigenvalue weighted by molar-refractivity contribution is -0.137. The van der Waals surface area contributed by atoms with Crippen LogP contribution in [-0.4, -0.2) is 42.5 Å². The van der Waals surface area contributed by atoms with Gasteiger partial charge in [-0.3, -0.25) is 23.7 Å². The molecule has 11 nitrogen and oxygen atoms in total. The molecular formula is C16H16N6O5. The maximum atomic E-state index is 12.4. The predicted molar refractivity (Wildman–Crippen MR) is 90.9 cm³/mol. The molecule has 0 unspecified atom stereocenters. The number of carbonyl (C=O) groups excluding carboxylic acids is 2. The van der Waals surface area contributed by atoms with E-state index in [1.54, 1.807) is 19.2 Å². The lowest BCUT2D eigenvalue weighted by atomic mass is 10.3. The van der Waals surface area contributed by atoms with E-state index in [2.05, 4.69) is 20.8 Å². The van der Waals surface area contributed by atoms with Crippen LogP contribution < -0.4 is 10.6 Å². The van der Waals surface area contributed by atoms with Crippen LogP contribution in [0.3, 0.4) is 0 Å². The molecule has 0 atom stereocenters. The fourth-order valence-electron chi connectivity index (χ4n) is 2.36. The smallest absolute Gasteiger partial charge is 0.325 e. The van der Waals surface area contributed by atoms with E-state index < -0.39 is 17.8 Å². The first-order chi connectivity index (χ1) is 12.9. The summed E-state index contributed by atoms with van der Waals surface area (Å²) in [7, 11) is 1.57.